The summed E-state index contributed by atoms with van der Waals surface area (Å²) >= 11 is 0. The molecule has 1 unspecified atom stereocenters. The molecule has 0 saturated heterocycles. The smallest absolute Gasteiger partial charge is 0.330 e. The molecule has 1 rings (SSSR count). The van der Waals surface area contributed by atoms with Crippen LogP contribution in [-0.4, -0.2) is 33.3 Å². The number of aliphatic carboxylic acids is 1. The molecule has 2 amide bonds. The van der Waals surface area contributed by atoms with Crippen molar-refractivity contribution in [1.82, 2.24) is 4.90 Å². The van der Waals surface area contributed by atoms with E-state index in [9.17, 15) is 19.5 Å². The number of carboxylic acids is 1. The second kappa shape index (κ2) is 7.96. The number of amides is 2. The number of carbonyl (C=O) groups is 3. The zero-order chi connectivity index (χ0) is 15.9. The maximum absolute atomic E-state index is 11.9. The van der Waals surface area contributed by atoms with Crippen molar-refractivity contribution >= 4 is 17.8 Å². The molecule has 0 aromatic carbocycles. The Balaban J connectivity index is 2.97. The number of nitrogens with zero attached hydrogens (tertiary/aromatic N) is 1. The fraction of sp³-hybridized carbons (Fsp3) is 0.688. The molecule has 1 atom stereocenters. The predicted molar refractivity (Wildman–Crippen MR) is 79.6 cm³/mol. The van der Waals surface area contributed by atoms with Gasteiger partial charge in [-0.15, -0.1) is 0 Å². The Hall–Kier alpha value is -1.65. The first-order valence-corrected chi connectivity index (χ1v) is 7.79. The minimum atomic E-state index is -1.39. The summed E-state index contributed by atoms with van der Waals surface area (Å²) in [5.74, 6) is -2.08. The van der Waals surface area contributed by atoms with Crippen LogP contribution in [0.5, 0.6) is 0 Å². The number of hydrogen-bond donors (Lipinski definition) is 1. The molecular formula is C16H25NO4. The van der Waals surface area contributed by atoms with Gasteiger partial charge in [0.05, 0.1) is 0 Å². The first kappa shape index (κ1) is 17.4. The number of unbranched alkanes of at least 4 members (excludes halogenated alkanes) is 4. The molecule has 0 spiro atoms. The molecule has 0 bridgehead atoms. The summed E-state index contributed by atoms with van der Waals surface area (Å²) < 4.78 is 0. The standard InChI is InChI=1S/C16H25NO4/c1-3-5-7-8-12-16(15(20)21,11-6-4-2)17-13(18)9-10-14(17)19/h9-10H,3-8,11-12H2,1-2H3,(H,20,21). The zero-order valence-corrected chi connectivity index (χ0v) is 12.9. The molecule has 21 heavy (non-hydrogen) atoms. The van der Waals surface area contributed by atoms with Gasteiger partial charge >= 0.3 is 5.97 Å². The minimum absolute atomic E-state index is 0.324. The lowest BCUT2D eigenvalue weighted by atomic mass is 9.85. The highest BCUT2D eigenvalue weighted by Gasteiger charge is 2.49. The van der Waals surface area contributed by atoms with Gasteiger partial charge in [-0.3, -0.25) is 14.5 Å². The van der Waals surface area contributed by atoms with Crippen LogP contribution < -0.4 is 0 Å². The van der Waals surface area contributed by atoms with Crippen molar-refractivity contribution in [1.29, 1.82) is 0 Å². The van der Waals surface area contributed by atoms with Gasteiger partial charge in [-0.1, -0.05) is 52.4 Å². The van der Waals surface area contributed by atoms with Gasteiger partial charge in [0.25, 0.3) is 11.8 Å². The maximum atomic E-state index is 11.9. The molecular weight excluding hydrogens is 270 g/mol. The first-order valence-electron chi connectivity index (χ1n) is 7.79. The average molecular weight is 295 g/mol. The van der Waals surface area contributed by atoms with Crippen molar-refractivity contribution in [2.24, 2.45) is 0 Å². The van der Waals surface area contributed by atoms with Crippen LogP contribution in [0.1, 0.15) is 65.2 Å². The summed E-state index contributed by atoms with van der Waals surface area (Å²) in [6, 6.07) is 0. The Labute approximate surface area is 126 Å². The van der Waals surface area contributed by atoms with Gasteiger partial charge in [0.1, 0.15) is 5.54 Å². The minimum Gasteiger partial charge on any atom is -0.479 e. The molecule has 1 N–H and O–H groups in total. The quantitative estimate of drug-likeness (QED) is 0.497. The number of rotatable bonds is 10. The van der Waals surface area contributed by atoms with Crippen molar-refractivity contribution < 1.29 is 19.5 Å². The van der Waals surface area contributed by atoms with Gasteiger partial charge in [-0.25, -0.2) is 4.79 Å². The molecule has 0 aromatic rings. The number of imide groups is 1. The fourth-order valence-corrected chi connectivity index (χ4v) is 2.79. The van der Waals surface area contributed by atoms with E-state index in [2.05, 4.69) is 6.92 Å². The maximum Gasteiger partial charge on any atom is 0.330 e. The van der Waals surface area contributed by atoms with Gasteiger partial charge < -0.3 is 5.11 Å². The third-order valence-corrected chi connectivity index (χ3v) is 4.02. The van der Waals surface area contributed by atoms with Crippen molar-refractivity contribution in [3.8, 4) is 0 Å². The van der Waals surface area contributed by atoms with Crippen LogP contribution in [0, 0.1) is 0 Å². The van der Waals surface area contributed by atoms with Gasteiger partial charge in [0.15, 0.2) is 0 Å². The number of hydrogen-bond acceptors (Lipinski definition) is 3. The van der Waals surface area contributed by atoms with Gasteiger partial charge in [0.2, 0.25) is 0 Å². The average Bonchev–Trinajstić information content (AvgIpc) is 2.78. The Morgan fingerprint density at radius 2 is 1.52 bits per heavy atom. The summed E-state index contributed by atoms with van der Waals surface area (Å²) in [6.45, 7) is 4.05. The van der Waals surface area contributed by atoms with E-state index >= 15 is 0 Å². The van der Waals surface area contributed by atoms with Crippen LogP contribution in [0.4, 0.5) is 0 Å². The van der Waals surface area contributed by atoms with Crippen molar-refractivity contribution in [3.05, 3.63) is 12.2 Å². The van der Waals surface area contributed by atoms with Crippen LogP contribution in [0.3, 0.4) is 0 Å². The summed E-state index contributed by atoms with van der Waals surface area (Å²) in [6.07, 6.45) is 8.20. The highest BCUT2D eigenvalue weighted by Crippen LogP contribution is 2.32. The fourth-order valence-electron chi connectivity index (χ4n) is 2.79. The molecule has 0 fully saturated rings. The van der Waals surface area contributed by atoms with Crippen LogP contribution in [0.15, 0.2) is 12.2 Å². The van der Waals surface area contributed by atoms with E-state index in [4.69, 9.17) is 0 Å². The molecule has 0 radical (unpaired) electrons. The Morgan fingerprint density at radius 1 is 1.00 bits per heavy atom. The van der Waals surface area contributed by atoms with E-state index in [1.807, 2.05) is 6.92 Å². The van der Waals surface area contributed by atoms with Crippen molar-refractivity contribution in [2.45, 2.75) is 70.8 Å². The predicted octanol–water partition coefficient (Wildman–Crippen LogP) is 2.90. The van der Waals surface area contributed by atoms with E-state index in [1.54, 1.807) is 0 Å². The Kier molecular flexibility index (Phi) is 6.59. The van der Waals surface area contributed by atoms with E-state index in [0.29, 0.717) is 25.7 Å². The SMILES string of the molecule is CCCCCCC(CCCC)(C(=O)O)N1C(=O)C=CC1=O. The highest BCUT2D eigenvalue weighted by molar-refractivity contribution is 6.15. The molecule has 1 heterocycles. The molecule has 118 valence electrons. The number of carboxylic acid groups (broad SMARTS) is 1. The van der Waals surface area contributed by atoms with Gasteiger partial charge in [-0.2, -0.15) is 0 Å². The molecule has 0 aliphatic carbocycles. The third kappa shape index (κ3) is 3.93. The monoisotopic (exact) mass is 295 g/mol. The Bertz CT molecular complexity index is 412. The molecule has 5 heteroatoms. The van der Waals surface area contributed by atoms with Crippen molar-refractivity contribution in [2.75, 3.05) is 0 Å². The Morgan fingerprint density at radius 3 is 2.00 bits per heavy atom. The molecule has 5 nitrogen and oxygen atoms in total. The molecule has 0 saturated carbocycles. The van der Waals surface area contributed by atoms with E-state index in [0.717, 1.165) is 42.7 Å². The van der Waals surface area contributed by atoms with Crippen LogP contribution in [0.2, 0.25) is 0 Å². The van der Waals surface area contributed by atoms with E-state index in [-0.39, 0.29) is 0 Å². The van der Waals surface area contributed by atoms with E-state index < -0.39 is 23.3 Å². The third-order valence-electron chi connectivity index (χ3n) is 4.02. The topological polar surface area (TPSA) is 74.7 Å². The number of carbonyl (C=O) groups excluding carboxylic acids is 2. The van der Waals surface area contributed by atoms with Gasteiger partial charge in [0, 0.05) is 12.2 Å². The van der Waals surface area contributed by atoms with Crippen LogP contribution in [-0.2, 0) is 14.4 Å². The normalized spacial score (nSPS) is 17.3. The van der Waals surface area contributed by atoms with Crippen LogP contribution >= 0.6 is 0 Å². The first-order chi connectivity index (χ1) is 9.99. The summed E-state index contributed by atoms with van der Waals surface area (Å²) in [7, 11) is 0. The lowest BCUT2D eigenvalue weighted by Gasteiger charge is -2.37. The summed E-state index contributed by atoms with van der Waals surface area (Å²) in [5, 5.41) is 9.73. The second-order valence-corrected chi connectivity index (χ2v) is 5.60. The van der Waals surface area contributed by atoms with E-state index in [1.165, 1.54) is 0 Å². The van der Waals surface area contributed by atoms with Crippen molar-refractivity contribution in [3.63, 3.8) is 0 Å². The lowest BCUT2D eigenvalue weighted by Crippen LogP contribution is -2.57. The molecule has 1 aliphatic heterocycles. The summed E-state index contributed by atoms with van der Waals surface area (Å²) in [5.41, 5.74) is -1.39. The molecule has 1 aliphatic rings. The molecule has 0 aromatic heterocycles. The second-order valence-electron chi connectivity index (χ2n) is 5.60. The zero-order valence-electron chi connectivity index (χ0n) is 12.9. The van der Waals surface area contributed by atoms with Gasteiger partial charge in [-0.05, 0) is 12.8 Å². The largest absolute Gasteiger partial charge is 0.479 e. The van der Waals surface area contributed by atoms with Crippen LogP contribution in [0.25, 0.3) is 0 Å². The summed E-state index contributed by atoms with van der Waals surface area (Å²) in [4.78, 5) is 36.7. The lowest BCUT2D eigenvalue weighted by molar-refractivity contribution is -0.163. The highest BCUT2D eigenvalue weighted by atomic mass is 16.4.